The van der Waals surface area contributed by atoms with Crippen LogP contribution in [0.1, 0.15) is 36.2 Å². The van der Waals surface area contributed by atoms with Crippen LogP contribution in [0.5, 0.6) is 0 Å². The molecule has 2 aromatic rings. The Morgan fingerprint density at radius 1 is 1.31 bits per heavy atom. The molecule has 1 saturated heterocycles. The maximum Gasteiger partial charge on any atom is 0.339 e. The normalized spacial score (nSPS) is 22.9. The summed E-state index contributed by atoms with van der Waals surface area (Å²) in [6, 6.07) is 13.9. The van der Waals surface area contributed by atoms with E-state index in [1.807, 2.05) is 31.2 Å². The van der Waals surface area contributed by atoms with Gasteiger partial charge in [0.2, 0.25) is 0 Å². The Bertz CT molecular complexity index is 729. The lowest BCUT2D eigenvalue weighted by atomic mass is 9.79. The quantitative estimate of drug-likeness (QED) is 0.836. The van der Waals surface area contributed by atoms with Gasteiger partial charge < -0.3 is 14.7 Å². The molecule has 1 fully saturated rings. The number of nitrogens with zero attached hydrogens (tertiary/aromatic N) is 2. The van der Waals surface area contributed by atoms with E-state index in [-0.39, 0.29) is 11.9 Å². The largest absolute Gasteiger partial charge is 0.462 e. The van der Waals surface area contributed by atoms with Crippen molar-refractivity contribution >= 4 is 11.8 Å². The second kappa shape index (κ2) is 7.87. The fraction of sp³-hybridized carbons (Fsp3) is 0.429. The second-order valence-electron chi connectivity index (χ2n) is 7.07. The van der Waals surface area contributed by atoms with E-state index in [4.69, 9.17) is 4.74 Å². The third kappa shape index (κ3) is 4.22. The summed E-state index contributed by atoms with van der Waals surface area (Å²) >= 11 is 0. The van der Waals surface area contributed by atoms with E-state index >= 15 is 0 Å². The summed E-state index contributed by atoms with van der Waals surface area (Å²) in [7, 11) is 0. The Morgan fingerprint density at radius 3 is 2.73 bits per heavy atom. The number of aliphatic hydroxyl groups is 1. The lowest BCUT2D eigenvalue weighted by Crippen LogP contribution is -2.51. The van der Waals surface area contributed by atoms with Gasteiger partial charge in [-0.1, -0.05) is 30.3 Å². The number of benzene rings is 1. The summed E-state index contributed by atoms with van der Waals surface area (Å²) in [6.07, 6.45) is 3.07. The molecule has 26 heavy (non-hydrogen) atoms. The van der Waals surface area contributed by atoms with Crippen molar-refractivity contribution in [2.45, 2.75) is 32.3 Å². The number of carbonyl (C=O) groups is 1. The highest BCUT2D eigenvalue weighted by Gasteiger charge is 2.37. The molecule has 138 valence electrons. The molecule has 2 heterocycles. The van der Waals surface area contributed by atoms with E-state index in [0.717, 1.165) is 25.3 Å². The summed E-state index contributed by atoms with van der Waals surface area (Å²) < 4.78 is 5.00. The molecule has 0 amide bonds. The molecule has 1 aliphatic heterocycles. The molecule has 2 atom stereocenters. The first-order valence-corrected chi connectivity index (χ1v) is 9.14. The van der Waals surface area contributed by atoms with Gasteiger partial charge in [0.1, 0.15) is 5.82 Å². The topological polar surface area (TPSA) is 62.7 Å². The van der Waals surface area contributed by atoms with Crippen molar-refractivity contribution in [1.82, 2.24) is 4.98 Å². The second-order valence-corrected chi connectivity index (χ2v) is 7.07. The molecule has 5 heteroatoms. The predicted molar refractivity (Wildman–Crippen MR) is 101 cm³/mol. The number of ether oxygens (including phenoxy) is 1. The Hall–Kier alpha value is -2.40. The van der Waals surface area contributed by atoms with Crippen molar-refractivity contribution in [3.05, 3.63) is 59.8 Å². The third-order valence-corrected chi connectivity index (χ3v) is 5.12. The van der Waals surface area contributed by atoms with Crippen molar-refractivity contribution in [3.8, 4) is 0 Å². The number of pyridine rings is 1. The Balaban J connectivity index is 1.72. The molecular formula is C21H26N2O3. The van der Waals surface area contributed by atoms with Crippen LogP contribution in [0.4, 0.5) is 5.82 Å². The molecule has 0 spiro atoms. The molecule has 0 saturated carbocycles. The summed E-state index contributed by atoms with van der Waals surface area (Å²) in [5, 5.41) is 10.8. The first-order valence-electron chi connectivity index (χ1n) is 9.14. The SMILES string of the molecule is CCOC(=O)c1ccc(N2CC[C@@](C)(O)[C@@H](Cc3ccccc3)C2)nc1. The maximum atomic E-state index is 11.8. The number of hydrogen-bond acceptors (Lipinski definition) is 5. The maximum absolute atomic E-state index is 11.8. The molecule has 3 rings (SSSR count). The summed E-state index contributed by atoms with van der Waals surface area (Å²) in [5.74, 6) is 0.590. The Morgan fingerprint density at radius 2 is 2.08 bits per heavy atom. The fourth-order valence-electron chi connectivity index (χ4n) is 3.42. The Labute approximate surface area is 154 Å². The van der Waals surface area contributed by atoms with Crippen LogP contribution in [-0.4, -0.2) is 41.4 Å². The van der Waals surface area contributed by atoms with E-state index in [2.05, 4.69) is 22.0 Å². The van der Waals surface area contributed by atoms with Gasteiger partial charge in [0.05, 0.1) is 17.8 Å². The molecule has 0 radical (unpaired) electrons. The standard InChI is InChI=1S/C21H26N2O3/c1-3-26-20(24)17-9-10-19(22-14-17)23-12-11-21(2,25)18(15-23)13-16-7-5-4-6-8-16/h4-10,14,18,25H,3,11-13,15H2,1-2H3/t18-,21+/m0/s1. The number of aromatic nitrogens is 1. The highest BCUT2D eigenvalue weighted by Crippen LogP contribution is 2.32. The van der Waals surface area contributed by atoms with Gasteiger partial charge in [0, 0.05) is 25.2 Å². The van der Waals surface area contributed by atoms with Crippen molar-refractivity contribution in [2.75, 3.05) is 24.6 Å². The summed E-state index contributed by atoms with van der Waals surface area (Å²) in [6.45, 7) is 5.53. The third-order valence-electron chi connectivity index (χ3n) is 5.12. The van der Waals surface area contributed by atoms with Crippen LogP contribution in [0.15, 0.2) is 48.7 Å². The van der Waals surface area contributed by atoms with Crippen LogP contribution in [0.2, 0.25) is 0 Å². The zero-order valence-electron chi connectivity index (χ0n) is 15.4. The lowest BCUT2D eigenvalue weighted by molar-refractivity contribution is -0.0168. The zero-order chi connectivity index (χ0) is 18.6. The van der Waals surface area contributed by atoms with Crippen molar-refractivity contribution in [3.63, 3.8) is 0 Å². The van der Waals surface area contributed by atoms with Crippen molar-refractivity contribution in [2.24, 2.45) is 5.92 Å². The van der Waals surface area contributed by atoms with E-state index in [1.165, 1.54) is 5.56 Å². The van der Waals surface area contributed by atoms with Gasteiger partial charge in [-0.2, -0.15) is 0 Å². The van der Waals surface area contributed by atoms with Gasteiger partial charge in [-0.25, -0.2) is 9.78 Å². The smallest absolute Gasteiger partial charge is 0.339 e. The minimum absolute atomic E-state index is 0.116. The van der Waals surface area contributed by atoms with Gasteiger partial charge in [-0.3, -0.25) is 0 Å². The van der Waals surface area contributed by atoms with Gasteiger partial charge in [0.25, 0.3) is 0 Å². The van der Waals surface area contributed by atoms with E-state index < -0.39 is 5.60 Å². The number of esters is 1. The molecule has 5 nitrogen and oxygen atoms in total. The van der Waals surface area contributed by atoms with Crippen LogP contribution in [0, 0.1) is 5.92 Å². The molecule has 1 aromatic carbocycles. The zero-order valence-corrected chi connectivity index (χ0v) is 15.4. The molecule has 0 aliphatic carbocycles. The number of anilines is 1. The molecule has 1 N–H and O–H groups in total. The van der Waals surface area contributed by atoms with E-state index in [0.29, 0.717) is 18.6 Å². The highest BCUT2D eigenvalue weighted by atomic mass is 16.5. The molecular weight excluding hydrogens is 328 g/mol. The fourth-order valence-corrected chi connectivity index (χ4v) is 3.42. The van der Waals surface area contributed by atoms with Crippen molar-refractivity contribution in [1.29, 1.82) is 0 Å². The monoisotopic (exact) mass is 354 g/mol. The number of carbonyl (C=O) groups excluding carboxylic acids is 1. The van der Waals surface area contributed by atoms with Crippen LogP contribution in [0.25, 0.3) is 0 Å². The Kier molecular flexibility index (Phi) is 5.57. The molecule has 1 aromatic heterocycles. The van der Waals surface area contributed by atoms with Gasteiger partial charge in [-0.15, -0.1) is 0 Å². The minimum atomic E-state index is -0.697. The van der Waals surface area contributed by atoms with Crippen LogP contribution in [-0.2, 0) is 11.2 Å². The molecule has 0 bridgehead atoms. The summed E-state index contributed by atoms with van der Waals surface area (Å²) in [4.78, 5) is 18.4. The highest BCUT2D eigenvalue weighted by molar-refractivity contribution is 5.89. The van der Waals surface area contributed by atoms with Crippen LogP contribution in [0.3, 0.4) is 0 Å². The number of hydrogen-bond donors (Lipinski definition) is 1. The molecule has 1 aliphatic rings. The average molecular weight is 354 g/mol. The first-order chi connectivity index (χ1) is 12.5. The van der Waals surface area contributed by atoms with E-state index in [9.17, 15) is 9.90 Å². The van der Waals surface area contributed by atoms with Crippen molar-refractivity contribution < 1.29 is 14.6 Å². The lowest BCUT2D eigenvalue weighted by Gasteiger charge is -2.43. The molecule has 0 unspecified atom stereocenters. The minimum Gasteiger partial charge on any atom is -0.462 e. The number of piperidine rings is 1. The average Bonchev–Trinajstić information content (AvgIpc) is 2.65. The van der Waals surface area contributed by atoms with Crippen LogP contribution < -0.4 is 4.90 Å². The summed E-state index contributed by atoms with van der Waals surface area (Å²) in [5.41, 5.74) is 0.989. The first kappa shape index (κ1) is 18.4. The van der Waals surface area contributed by atoms with E-state index in [1.54, 1.807) is 19.2 Å². The van der Waals surface area contributed by atoms with Gasteiger partial charge in [0.15, 0.2) is 0 Å². The predicted octanol–water partition coefficient (Wildman–Crippen LogP) is 3.08. The number of rotatable bonds is 5. The van der Waals surface area contributed by atoms with Crippen LogP contribution >= 0.6 is 0 Å². The van der Waals surface area contributed by atoms with Gasteiger partial charge >= 0.3 is 5.97 Å². The van der Waals surface area contributed by atoms with Gasteiger partial charge in [-0.05, 0) is 44.4 Å².